The van der Waals surface area contributed by atoms with Crippen LogP contribution < -0.4 is 16.2 Å². The van der Waals surface area contributed by atoms with Gasteiger partial charge in [-0.05, 0) is 60.1 Å². The molecule has 2 aromatic carbocycles. The van der Waals surface area contributed by atoms with Crippen LogP contribution in [0.3, 0.4) is 0 Å². The molecule has 2 aliphatic heterocycles. The number of aromatic hydroxyl groups is 1. The van der Waals surface area contributed by atoms with Gasteiger partial charge in [-0.15, -0.1) is 0 Å². The molecule has 0 amide bonds. The van der Waals surface area contributed by atoms with E-state index >= 15 is 0 Å². The molecule has 0 radical (unpaired) electrons. The molecule has 4 rings (SSSR count). The Hall–Kier alpha value is -3.50. The molecule has 9 heteroatoms. The van der Waals surface area contributed by atoms with E-state index in [4.69, 9.17) is 16.2 Å². The van der Waals surface area contributed by atoms with Crippen molar-refractivity contribution in [3.8, 4) is 11.5 Å². The predicted molar refractivity (Wildman–Crippen MR) is 155 cm³/mol. The van der Waals surface area contributed by atoms with Gasteiger partial charge in [0.2, 0.25) is 0 Å². The molecule has 2 heterocycles. The smallest absolute Gasteiger partial charge is 0.163 e. The number of aliphatic hydroxyl groups excluding tert-OH is 2. The van der Waals surface area contributed by atoms with Gasteiger partial charge in [0.1, 0.15) is 5.78 Å². The number of allylic oxidation sites excluding steroid dienone is 1. The van der Waals surface area contributed by atoms with Crippen molar-refractivity contribution in [2.75, 3.05) is 13.3 Å². The van der Waals surface area contributed by atoms with Crippen LogP contribution in [0.2, 0.25) is 0 Å². The number of hydrogen-bond donors (Lipinski definition) is 5. The maximum atomic E-state index is 12.3. The van der Waals surface area contributed by atoms with Crippen molar-refractivity contribution < 1.29 is 24.9 Å². The first-order valence-corrected chi connectivity index (χ1v) is 13.9. The van der Waals surface area contributed by atoms with E-state index < -0.39 is 18.4 Å². The zero-order valence-corrected chi connectivity index (χ0v) is 23.0. The van der Waals surface area contributed by atoms with Crippen molar-refractivity contribution in [3.05, 3.63) is 82.7 Å². The minimum Gasteiger partial charge on any atom is -0.504 e. The maximum Gasteiger partial charge on any atom is 0.163 e. The van der Waals surface area contributed by atoms with Crippen molar-refractivity contribution in [1.29, 1.82) is 0 Å². The molecule has 0 aromatic heterocycles. The molecule has 2 aliphatic rings. The molecular weight excluding hydrogens is 508 g/mol. The van der Waals surface area contributed by atoms with Crippen LogP contribution in [0, 0.1) is 0 Å². The summed E-state index contributed by atoms with van der Waals surface area (Å²) in [6, 6.07) is 13.0. The van der Waals surface area contributed by atoms with Gasteiger partial charge in [0.25, 0.3) is 0 Å². The van der Waals surface area contributed by atoms with E-state index in [1.54, 1.807) is 18.2 Å². The monoisotopic (exact) mass is 548 g/mol. The van der Waals surface area contributed by atoms with Gasteiger partial charge in [-0.25, -0.2) is 0 Å². The van der Waals surface area contributed by atoms with E-state index in [9.17, 15) is 20.1 Å². The molecule has 214 valence electrons. The summed E-state index contributed by atoms with van der Waals surface area (Å²) in [6.45, 7) is 2.80. The zero-order valence-electron chi connectivity index (χ0n) is 23.0. The number of rotatable bonds is 15. The number of fused-ring (bicyclic) bond motifs is 1. The Morgan fingerprint density at radius 2 is 1.95 bits per heavy atom. The first-order chi connectivity index (χ1) is 19.2. The fraction of sp³-hybridized carbons (Fsp3) is 0.419. The second-order valence-electron chi connectivity index (χ2n) is 10.6. The van der Waals surface area contributed by atoms with Crippen LogP contribution in [0.1, 0.15) is 61.9 Å². The van der Waals surface area contributed by atoms with E-state index in [1.807, 2.05) is 48.5 Å². The van der Waals surface area contributed by atoms with E-state index in [0.717, 1.165) is 40.0 Å². The molecule has 0 spiro atoms. The SMILES string of the molecule is CCC[C@H](O)C[C@@H](O)CC(=O)CCc1ccc(O)c(OCN2C=C3C(Cc4cccc(C(N)N)c4)=CN=C3C2)c1. The standard InChI is InChI=1S/C31H40N4O5/c1-2-4-24(36)14-26(38)15-25(37)9-7-20-8-10-29(39)30(13-20)40-19-35-17-27-23(16-34-28(27)18-35)12-21-5-3-6-22(11-21)31(32)33/h3,5-6,8,10-11,13,16-17,24,26,31,36,38-39H,2,4,7,9,12,14-15,18-19,32-33H2,1H3/t24-,26+/m0/s1. The largest absolute Gasteiger partial charge is 0.504 e. The third-order valence-electron chi connectivity index (χ3n) is 7.16. The number of ether oxygens (including phenoxy) is 1. The summed E-state index contributed by atoms with van der Waals surface area (Å²) in [6.07, 6.45) is 5.11. The van der Waals surface area contributed by atoms with E-state index in [0.29, 0.717) is 31.6 Å². The third-order valence-corrected chi connectivity index (χ3v) is 7.16. The second kappa shape index (κ2) is 13.7. The Labute approximate surface area is 235 Å². The van der Waals surface area contributed by atoms with Gasteiger partial charge in [-0.3, -0.25) is 9.79 Å². The van der Waals surface area contributed by atoms with Crippen molar-refractivity contribution in [2.24, 2.45) is 16.5 Å². The van der Waals surface area contributed by atoms with Crippen LogP contribution in [0.15, 0.2) is 71.0 Å². The molecule has 0 saturated carbocycles. The molecule has 2 atom stereocenters. The van der Waals surface area contributed by atoms with Crippen molar-refractivity contribution in [2.45, 2.75) is 70.2 Å². The van der Waals surface area contributed by atoms with Crippen LogP contribution in [0.5, 0.6) is 11.5 Å². The quantitative estimate of drug-likeness (QED) is 0.213. The number of hydrogen-bond acceptors (Lipinski definition) is 9. The minimum absolute atomic E-state index is 0.0259. The lowest BCUT2D eigenvalue weighted by atomic mass is 9.98. The highest BCUT2D eigenvalue weighted by Gasteiger charge is 2.26. The normalized spacial score (nSPS) is 15.9. The van der Waals surface area contributed by atoms with Gasteiger partial charge >= 0.3 is 0 Å². The minimum atomic E-state index is -0.837. The molecule has 0 unspecified atom stereocenters. The number of aliphatic imine (C=N–C) groups is 1. The van der Waals surface area contributed by atoms with Crippen molar-refractivity contribution >= 4 is 11.5 Å². The molecule has 2 aromatic rings. The molecular formula is C31H40N4O5. The second-order valence-corrected chi connectivity index (χ2v) is 10.6. The zero-order chi connectivity index (χ0) is 28.6. The Morgan fingerprint density at radius 1 is 1.12 bits per heavy atom. The summed E-state index contributed by atoms with van der Waals surface area (Å²) in [5, 5.41) is 30.3. The number of aliphatic hydroxyl groups is 2. The third kappa shape index (κ3) is 8.02. The predicted octanol–water partition coefficient (Wildman–Crippen LogP) is 3.23. The van der Waals surface area contributed by atoms with Crippen LogP contribution in [-0.2, 0) is 17.6 Å². The number of nitrogens with two attached hydrogens (primary N) is 2. The summed E-state index contributed by atoms with van der Waals surface area (Å²) >= 11 is 0. The lowest BCUT2D eigenvalue weighted by Gasteiger charge is -2.17. The number of Topliss-reactive ketones (excluding diaryl/α,β-unsaturated/α-hetero) is 1. The first-order valence-electron chi connectivity index (χ1n) is 13.9. The Balaban J connectivity index is 1.28. The summed E-state index contributed by atoms with van der Waals surface area (Å²) in [5.74, 6) is 0.304. The molecule has 0 fully saturated rings. The van der Waals surface area contributed by atoms with Crippen molar-refractivity contribution in [1.82, 2.24) is 4.90 Å². The van der Waals surface area contributed by atoms with Gasteiger partial charge in [0.15, 0.2) is 18.2 Å². The summed E-state index contributed by atoms with van der Waals surface area (Å²) in [4.78, 5) is 18.9. The molecule has 9 nitrogen and oxygen atoms in total. The number of carbonyl (C=O) groups excluding carboxylic acids is 1. The van der Waals surface area contributed by atoms with E-state index in [1.165, 1.54) is 0 Å². The molecule has 40 heavy (non-hydrogen) atoms. The maximum absolute atomic E-state index is 12.3. The van der Waals surface area contributed by atoms with Gasteiger partial charge in [-0.1, -0.05) is 43.7 Å². The van der Waals surface area contributed by atoms with Crippen LogP contribution in [0.25, 0.3) is 0 Å². The highest BCUT2D eigenvalue weighted by Crippen LogP contribution is 2.31. The first kappa shape index (κ1) is 29.5. The van der Waals surface area contributed by atoms with Crippen molar-refractivity contribution in [3.63, 3.8) is 0 Å². The Morgan fingerprint density at radius 3 is 2.73 bits per heavy atom. The van der Waals surface area contributed by atoms with Crippen LogP contribution in [0.4, 0.5) is 0 Å². The highest BCUT2D eigenvalue weighted by atomic mass is 16.5. The van der Waals surface area contributed by atoms with E-state index in [-0.39, 0.29) is 37.5 Å². The summed E-state index contributed by atoms with van der Waals surface area (Å²) in [7, 11) is 0. The van der Waals surface area contributed by atoms with Crippen LogP contribution >= 0.6 is 0 Å². The van der Waals surface area contributed by atoms with Gasteiger partial charge < -0.3 is 36.4 Å². The number of benzene rings is 2. The number of phenolic OH excluding ortho intramolecular Hbond substituents is 1. The number of ketones is 1. The summed E-state index contributed by atoms with van der Waals surface area (Å²) < 4.78 is 5.94. The number of carbonyl (C=O) groups is 1. The lowest BCUT2D eigenvalue weighted by Crippen LogP contribution is -2.23. The number of aryl methyl sites for hydroxylation is 1. The average Bonchev–Trinajstić information content (AvgIpc) is 3.48. The average molecular weight is 549 g/mol. The number of phenols is 1. The van der Waals surface area contributed by atoms with Gasteiger partial charge in [-0.2, -0.15) is 0 Å². The molecule has 0 saturated heterocycles. The molecule has 7 N–H and O–H groups in total. The molecule has 0 bridgehead atoms. The Bertz CT molecular complexity index is 1290. The highest BCUT2D eigenvalue weighted by molar-refractivity contribution is 6.09. The topological polar surface area (TPSA) is 155 Å². The Kier molecular flexibility index (Phi) is 10.1. The van der Waals surface area contributed by atoms with E-state index in [2.05, 4.69) is 4.99 Å². The van der Waals surface area contributed by atoms with Crippen LogP contribution in [-0.4, -0.2) is 57.2 Å². The summed E-state index contributed by atoms with van der Waals surface area (Å²) in [5.41, 5.74) is 17.7. The van der Waals surface area contributed by atoms with Gasteiger partial charge in [0.05, 0.1) is 30.6 Å². The lowest BCUT2D eigenvalue weighted by molar-refractivity contribution is -0.121. The number of nitrogens with zero attached hydrogens (tertiary/aromatic N) is 2. The molecule has 0 aliphatic carbocycles. The fourth-order valence-corrected chi connectivity index (χ4v) is 5.02. The fourth-order valence-electron chi connectivity index (χ4n) is 5.02. The van der Waals surface area contributed by atoms with Gasteiger partial charge in [0, 0.05) is 30.8 Å².